The maximum absolute atomic E-state index is 12.7. The van der Waals surface area contributed by atoms with Gasteiger partial charge in [-0.3, -0.25) is 14.3 Å². The Bertz CT molecular complexity index is 1210. The molecule has 2 aromatic carbocycles. The van der Waals surface area contributed by atoms with Crippen LogP contribution in [-0.4, -0.2) is 60.3 Å². The number of benzene rings is 2. The van der Waals surface area contributed by atoms with Crippen LogP contribution in [0.2, 0.25) is 0 Å². The number of carbonyl (C=O) groups is 2. The molecule has 0 bridgehead atoms. The number of nitrogens with one attached hydrogen (secondary N) is 1. The van der Waals surface area contributed by atoms with E-state index < -0.39 is 17.9 Å². The van der Waals surface area contributed by atoms with Crippen molar-refractivity contribution in [3.8, 4) is 0 Å². The number of fused-ring (bicyclic) bond motifs is 1. The topological polar surface area (TPSA) is 108 Å². The van der Waals surface area contributed by atoms with E-state index in [9.17, 15) is 19.5 Å². The Morgan fingerprint density at radius 2 is 1.91 bits per heavy atom. The van der Waals surface area contributed by atoms with Gasteiger partial charge in [0.05, 0.1) is 11.6 Å². The Labute approximate surface area is 198 Å². The molecule has 0 aliphatic carbocycles. The van der Waals surface area contributed by atoms with Crippen LogP contribution in [0.3, 0.4) is 0 Å². The van der Waals surface area contributed by atoms with Gasteiger partial charge in [-0.15, -0.1) is 0 Å². The minimum absolute atomic E-state index is 0.207. The van der Waals surface area contributed by atoms with Crippen molar-refractivity contribution in [1.82, 2.24) is 14.8 Å². The van der Waals surface area contributed by atoms with Crippen LogP contribution in [-0.2, 0) is 0 Å². The minimum Gasteiger partial charge on any atom is -0.465 e. The Kier molecular flexibility index (Phi) is 8.12. The lowest BCUT2D eigenvalue weighted by molar-refractivity contribution is 0.0953. The highest BCUT2D eigenvalue weighted by Gasteiger charge is 2.20. The number of nitrogens with zero attached hydrogens (tertiary/aromatic N) is 3. The van der Waals surface area contributed by atoms with Crippen molar-refractivity contribution in [3.05, 3.63) is 64.1 Å². The van der Waals surface area contributed by atoms with E-state index in [-0.39, 0.29) is 5.91 Å². The number of carboxylic acid groups (broad SMARTS) is 1. The molecule has 0 spiro atoms. The number of aromatic nitrogens is 1. The molecule has 9 heteroatoms. The summed E-state index contributed by atoms with van der Waals surface area (Å²) in [6, 6.07) is 11.5. The van der Waals surface area contributed by atoms with Crippen LogP contribution in [0.15, 0.2) is 51.7 Å². The first kappa shape index (κ1) is 25.0. The molecule has 0 radical (unpaired) electrons. The largest absolute Gasteiger partial charge is 0.465 e. The van der Waals surface area contributed by atoms with Gasteiger partial charge in [0.25, 0.3) is 5.91 Å². The summed E-state index contributed by atoms with van der Waals surface area (Å²) in [4.78, 5) is 40.2. The molecule has 3 rings (SSSR count). The molecule has 182 valence electrons. The highest BCUT2D eigenvalue weighted by molar-refractivity contribution is 5.97. The maximum Gasteiger partial charge on any atom is 0.420 e. The zero-order valence-electron chi connectivity index (χ0n) is 20.1. The number of unbranched alkanes of at least 4 members (excludes halogenated alkanes) is 1. The number of rotatable bonds is 10. The van der Waals surface area contributed by atoms with Gasteiger partial charge >= 0.3 is 11.8 Å². The van der Waals surface area contributed by atoms with Crippen LogP contribution in [0.5, 0.6) is 0 Å². The number of hydrogen-bond acceptors (Lipinski definition) is 5. The summed E-state index contributed by atoms with van der Waals surface area (Å²) < 4.78 is 6.90. The van der Waals surface area contributed by atoms with Crippen molar-refractivity contribution >= 4 is 28.8 Å². The van der Waals surface area contributed by atoms with E-state index in [1.807, 2.05) is 27.1 Å². The van der Waals surface area contributed by atoms with Crippen molar-refractivity contribution in [2.24, 2.45) is 0 Å². The Balaban J connectivity index is 1.86. The van der Waals surface area contributed by atoms with Crippen LogP contribution in [0, 0.1) is 0 Å². The summed E-state index contributed by atoms with van der Waals surface area (Å²) >= 11 is 0. The fourth-order valence-electron chi connectivity index (χ4n) is 3.93. The van der Waals surface area contributed by atoms with E-state index in [1.54, 1.807) is 43.3 Å². The molecule has 2 amide bonds. The lowest BCUT2D eigenvalue weighted by Crippen LogP contribution is -2.29. The molecular formula is C25H32N4O5. The third kappa shape index (κ3) is 5.66. The van der Waals surface area contributed by atoms with E-state index in [0.717, 1.165) is 24.9 Å². The summed E-state index contributed by atoms with van der Waals surface area (Å²) in [6.07, 6.45) is 0.818. The van der Waals surface area contributed by atoms with Crippen molar-refractivity contribution in [3.63, 3.8) is 0 Å². The molecule has 0 aliphatic rings. The lowest BCUT2D eigenvalue weighted by atomic mass is 10.1. The molecular weight excluding hydrogens is 436 g/mol. The van der Waals surface area contributed by atoms with E-state index in [0.29, 0.717) is 35.4 Å². The molecule has 0 aliphatic heterocycles. The molecule has 0 saturated heterocycles. The molecule has 1 atom stereocenters. The predicted molar refractivity (Wildman–Crippen MR) is 132 cm³/mol. The standard InChI is InChI=1S/C25H32N4O5/c1-5-28(24(31)32)20-10-8-9-18(15-20)17(2)29-21-16-19(11-12-22(21)34-25(29)33)23(30)26-13-6-7-14-27(3)4/h8-12,15-17H,5-7,13-14H2,1-4H3,(H,26,30)(H,31,32). The highest BCUT2D eigenvalue weighted by Crippen LogP contribution is 2.26. The van der Waals surface area contributed by atoms with Gasteiger partial charge in [0, 0.05) is 24.3 Å². The third-order valence-electron chi connectivity index (χ3n) is 5.79. The number of oxazole rings is 1. The van der Waals surface area contributed by atoms with Gasteiger partial charge < -0.3 is 19.7 Å². The van der Waals surface area contributed by atoms with E-state index in [2.05, 4.69) is 10.2 Å². The summed E-state index contributed by atoms with van der Waals surface area (Å²) in [5.41, 5.74) is 2.61. The van der Waals surface area contributed by atoms with Gasteiger partial charge in [-0.05, 0) is 83.2 Å². The third-order valence-corrected chi connectivity index (χ3v) is 5.79. The zero-order valence-corrected chi connectivity index (χ0v) is 20.1. The molecule has 1 aromatic heterocycles. The molecule has 34 heavy (non-hydrogen) atoms. The normalized spacial score (nSPS) is 12.1. The number of hydrogen-bond donors (Lipinski definition) is 2. The van der Waals surface area contributed by atoms with Gasteiger partial charge in [-0.25, -0.2) is 9.59 Å². The lowest BCUT2D eigenvalue weighted by Gasteiger charge is -2.20. The van der Waals surface area contributed by atoms with Crippen LogP contribution in [0.4, 0.5) is 10.5 Å². The zero-order chi connectivity index (χ0) is 24.8. The van der Waals surface area contributed by atoms with Crippen molar-refractivity contribution < 1.29 is 19.1 Å². The molecule has 1 heterocycles. The Morgan fingerprint density at radius 1 is 1.15 bits per heavy atom. The minimum atomic E-state index is -1.05. The van der Waals surface area contributed by atoms with Gasteiger partial charge in [0.2, 0.25) is 0 Å². The second-order valence-electron chi connectivity index (χ2n) is 8.48. The summed E-state index contributed by atoms with van der Waals surface area (Å²) in [7, 11) is 4.03. The van der Waals surface area contributed by atoms with Gasteiger partial charge in [0.15, 0.2) is 5.58 Å². The fraction of sp³-hybridized carbons (Fsp3) is 0.400. The van der Waals surface area contributed by atoms with Crippen LogP contribution in [0.1, 0.15) is 48.7 Å². The first-order valence-electron chi connectivity index (χ1n) is 11.4. The first-order chi connectivity index (χ1) is 16.2. The summed E-state index contributed by atoms with van der Waals surface area (Å²) in [5, 5.41) is 12.4. The van der Waals surface area contributed by atoms with Gasteiger partial charge in [-0.1, -0.05) is 12.1 Å². The van der Waals surface area contributed by atoms with E-state index in [1.165, 1.54) is 9.47 Å². The monoisotopic (exact) mass is 468 g/mol. The molecule has 1 unspecified atom stereocenters. The Hall–Kier alpha value is -3.59. The second kappa shape index (κ2) is 11.0. The van der Waals surface area contributed by atoms with Crippen molar-refractivity contribution in [1.29, 1.82) is 0 Å². The quantitative estimate of drug-likeness (QED) is 0.439. The van der Waals surface area contributed by atoms with Crippen LogP contribution >= 0.6 is 0 Å². The molecule has 3 aromatic rings. The number of amides is 2. The van der Waals surface area contributed by atoms with Crippen molar-refractivity contribution in [2.45, 2.75) is 32.7 Å². The van der Waals surface area contributed by atoms with Gasteiger partial charge in [0.1, 0.15) is 0 Å². The smallest absolute Gasteiger partial charge is 0.420 e. The molecule has 0 saturated carbocycles. The molecule has 2 N–H and O–H groups in total. The summed E-state index contributed by atoms with van der Waals surface area (Å²) in [5.74, 6) is -0.749. The average molecular weight is 469 g/mol. The first-order valence-corrected chi connectivity index (χ1v) is 11.4. The van der Waals surface area contributed by atoms with E-state index in [4.69, 9.17) is 4.42 Å². The molecule has 0 fully saturated rings. The summed E-state index contributed by atoms with van der Waals surface area (Å²) in [6.45, 7) is 5.43. The van der Waals surface area contributed by atoms with Gasteiger partial charge in [-0.2, -0.15) is 0 Å². The SMILES string of the molecule is CCN(C(=O)O)c1cccc(C(C)n2c(=O)oc3ccc(C(=O)NCCCCN(C)C)cc32)c1. The highest BCUT2D eigenvalue weighted by atomic mass is 16.4. The van der Waals surface area contributed by atoms with Crippen molar-refractivity contribution in [2.75, 3.05) is 38.6 Å². The number of carbonyl (C=O) groups excluding carboxylic acids is 1. The molecule has 9 nitrogen and oxygen atoms in total. The fourth-order valence-corrected chi connectivity index (χ4v) is 3.93. The Morgan fingerprint density at radius 3 is 2.59 bits per heavy atom. The second-order valence-corrected chi connectivity index (χ2v) is 8.48. The van der Waals surface area contributed by atoms with E-state index >= 15 is 0 Å². The number of anilines is 1. The van der Waals surface area contributed by atoms with Crippen LogP contribution < -0.4 is 16.0 Å². The van der Waals surface area contributed by atoms with Crippen LogP contribution in [0.25, 0.3) is 11.1 Å². The maximum atomic E-state index is 12.7. The predicted octanol–water partition coefficient (Wildman–Crippen LogP) is 3.78. The average Bonchev–Trinajstić information content (AvgIpc) is 3.13.